The number of rotatable bonds is 3. The van der Waals surface area contributed by atoms with Gasteiger partial charge >= 0.3 is 0 Å². The van der Waals surface area contributed by atoms with Crippen molar-refractivity contribution in [1.29, 1.82) is 0 Å². The van der Waals surface area contributed by atoms with Crippen molar-refractivity contribution < 1.29 is 13.2 Å². The van der Waals surface area contributed by atoms with Crippen molar-refractivity contribution >= 4 is 32.2 Å². The Morgan fingerprint density at radius 2 is 2.33 bits per heavy atom. The van der Waals surface area contributed by atoms with E-state index < -0.39 is 21.0 Å². The van der Waals surface area contributed by atoms with Gasteiger partial charge in [-0.2, -0.15) is 0 Å². The Morgan fingerprint density at radius 1 is 1.67 bits per heavy atom. The van der Waals surface area contributed by atoms with Gasteiger partial charge in [-0.1, -0.05) is 23.2 Å². The van der Waals surface area contributed by atoms with Gasteiger partial charge in [-0.15, -0.1) is 0 Å². The molecule has 0 bridgehead atoms. The molecule has 6 nitrogen and oxygen atoms in total. The zero-order valence-electron chi connectivity index (χ0n) is 9.93. The second kappa shape index (κ2) is 5.95. The van der Waals surface area contributed by atoms with Crippen molar-refractivity contribution in [2.75, 3.05) is 18.1 Å². The monoisotopic (exact) mass is 287 g/mol. The highest BCUT2D eigenvalue weighted by atomic mass is 32.2. The van der Waals surface area contributed by atoms with Gasteiger partial charge in [0.25, 0.3) is 0 Å². The lowest BCUT2D eigenvalue weighted by Gasteiger charge is -2.07. The van der Waals surface area contributed by atoms with Gasteiger partial charge in [0.1, 0.15) is 5.25 Å². The summed E-state index contributed by atoms with van der Waals surface area (Å²) in [7, 11) is -3.41. The fraction of sp³-hybridized carbons (Fsp3) is 0.400. The average molecular weight is 287 g/mol. The van der Waals surface area contributed by atoms with Crippen LogP contribution >= 0.6 is 11.3 Å². The van der Waals surface area contributed by atoms with Gasteiger partial charge in [0.2, 0.25) is 5.91 Å². The number of anilines is 1. The number of carbonyl (C=O) groups excluding carboxylic acids is 1. The summed E-state index contributed by atoms with van der Waals surface area (Å²) in [4.78, 5) is 16.2. The van der Waals surface area contributed by atoms with Crippen LogP contribution in [0.2, 0.25) is 0 Å². The molecule has 1 atom stereocenters. The molecule has 1 aromatic rings. The minimum absolute atomic E-state index is 0.241. The third-order valence-electron chi connectivity index (χ3n) is 2.06. The van der Waals surface area contributed by atoms with E-state index >= 15 is 0 Å². The minimum atomic E-state index is -3.41. The molecular weight excluding hydrogens is 274 g/mol. The highest BCUT2D eigenvalue weighted by Crippen LogP contribution is 2.17. The Morgan fingerprint density at radius 3 is 2.89 bits per heavy atom. The maximum Gasteiger partial charge on any atom is 0.244 e. The predicted octanol–water partition coefficient (Wildman–Crippen LogP) is -0.175. The summed E-state index contributed by atoms with van der Waals surface area (Å²) in [6.07, 6.45) is 2.51. The smallest absolute Gasteiger partial charge is 0.244 e. The molecule has 0 aromatic carbocycles. The molecule has 18 heavy (non-hydrogen) atoms. The lowest BCUT2D eigenvalue weighted by molar-refractivity contribution is -0.115. The van der Waals surface area contributed by atoms with Crippen molar-refractivity contribution in [2.24, 2.45) is 5.73 Å². The molecule has 0 aliphatic rings. The first-order chi connectivity index (χ1) is 8.34. The van der Waals surface area contributed by atoms with Crippen LogP contribution in [0.5, 0.6) is 0 Å². The molecule has 8 heteroatoms. The van der Waals surface area contributed by atoms with E-state index in [-0.39, 0.29) is 6.54 Å². The molecule has 0 radical (unpaired) electrons. The SMILES string of the molecule is CC(C(=O)Nc1ncc(C#CCN)s1)S(C)(=O)=O. The number of thiazole rings is 1. The molecule has 1 unspecified atom stereocenters. The van der Waals surface area contributed by atoms with Gasteiger partial charge < -0.3 is 11.1 Å². The number of nitrogens with one attached hydrogen (secondary N) is 1. The third kappa shape index (κ3) is 4.10. The van der Waals surface area contributed by atoms with Gasteiger partial charge in [0.15, 0.2) is 15.0 Å². The van der Waals surface area contributed by atoms with Crippen LogP contribution in [-0.4, -0.2) is 37.4 Å². The lowest BCUT2D eigenvalue weighted by atomic mass is 10.4. The summed E-state index contributed by atoms with van der Waals surface area (Å²) in [5, 5.41) is 1.64. The Kier molecular flexibility index (Phi) is 4.84. The fourth-order valence-corrected chi connectivity index (χ4v) is 2.07. The van der Waals surface area contributed by atoms with Crippen molar-refractivity contribution in [3.05, 3.63) is 11.1 Å². The standard InChI is InChI=1S/C10H13N3O3S2/c1-7(18(2,15)16)9(14)13-10-12-6-8(17-10)4-3-5-11/h6-7H,5,11H2,1-2H3,(H,12,13,14). The Hall–Kier alpha value is -1.43. The normalized spacial score (nSPS) is 12.4. The molecule has 0 aliphatic heterocycles. The van der Waals surface area contributed by atoms with Crippen LogP contribution < -0.4 is 11.1 Å². The molecule has 1 rings (SSSR count). The van der Waals surface area contributed by atoms with E-state index in [2.05, 4.69) is 22.1 Å². The number of aromatic nitrogens is 1. The first kappa shape index (κ1) is 14.6. The van der Waals surface area contributed by atoms with Crippen LogP contribution in [0.3, 0.4) is 0 Å². The van der Waals surface area contributed by atoms with Crippen LogP contribution in [0, 0.1) is 11.8 Å². The van der Waals surface area contributed by atoms with E-state index in [9.17, 15) is 13.2 Å². The second-order valence-corrected chi connectivity index (χ2v) is 6.89. The van der Waals surface area contributed by atoms with Crippen LogP contribution in [0.25, 0.3) is 0 Å². The van der Waals surface area contributed by atoms with E-state index in [1.54, 1.807) is 0 Å². The van der Waals surface area contributed by atoms with Crippen molar-refractivity contribution in [3.63, 3.8) is 0 Å². The molecule has 98 valence electrons. The minimum Gasteiger partial charge on any atom is -0.320 e. The van der Waals surface area contributed by atoms with Crippen LogP contribution in [0.15, 0.2) is 6.20 Å². The topological polar surface area (TPSA) is 102 Å². The van der Waals surface area contributed by atoms with Gasteiger partial charge in [-0.25, -0.2) is 13.4 Å². The highest BCUT2D eigenvalue weighted by molar-refractivity contribution is 7.92. The van der Waals surface area contributed by atoms with Crippen LogP contribution in [-0.2, 0) is 14.6 Å². The molecule has 0 saturated heterocycles. The summed E-state index contributed by atoms with van der Waals surface area (Å²) in [5.41, 5.74) is 5.23. The Labute approximate surface area is 110 Å². The van der Waals surface area contributed by atoms with Gasteiger partial charge in [-0.05, 0) is 6.92 Å². The van der Waals surface area contributed by atoms with Crippen LogP contribution in [0.4, 0.5) is 5.13 Å². The number of sulfone groups is 1. The summed E-state index contributed by atoms with van der Waals surface area (Å²) in [6, 6.07) is 0. The van der Waals surface area contributed by atoms with E-state index in [1.165, 1.54) is 13.1 Å². The van der Waals surface area contributed by atoms with Gasteiger partial charge in [0, 0.05) is 6.26 Å². The lowest BCUT2D eigenvalue weighted by Crippen LogP contribution is -2.31. The largest absolute Gasteiger partial charge is 0.320 e. The maximum absolute atomic E-state index is 11.6. The van der Waals surface area contributed by atoms with E-state index in [1.807, 2.05) is 0 Å². The number of amides is 1. The van der Waals surface area contributed by atoms with Crippen molar-refractivity contribution in [1.82, 2.24) is 4.98 Å². The van der Waals surface area contributed by atoms with Crippen molar-refractivity contribution in [3.8, 4) is 11.8 Å². The summed E-state index contributed by atoms with van der Waals surface area (Å²) in [6.45, 7) is 1.57. The highest BCUT2D eigenvalue weighted by Gasteiger charge is 2.24. The summed E-state index contributed by atoms with van der Waals surface area (Å²) < 4.78 is 22.4. The summed E-state index contributed by atoms with van der Waals surface area (Å²) >= 11 is 1.16. The number of nitrogens with two attached hydrogens (primary N) is 1. The first-order valence-electron chi connectivity index (χ1n) is 4.99. The molecule has 1 heterocycles. The second-order valence-electron chi connectivity index (χ2n) is 3.50. The third-order valence-corrected chi connectivity index (χ3v) is 4.39. The summed E-state index contributed by atoms with van der Waals surface area (Å²) in [5.74, 6) is 4.82. The molecule has 0 fully saturated rings. The maximum atomic E-state index is 11.6. The average Bonchev–Trinajstić information content (AvgIpc) is 2.71. The zero-order chi connectivity index (χ0) is 13.8. The molecular formula is C10H13N3O3S2. The number of hydrogen-bond acceptors (Lipinski definition) is 6. The molecule has 0 aliphatic carbocycles. The Balaban J connectivity index is 2.74. The van der Waals surface area contributed by atoms with E-state index in [0.29, 0.717) is 10.0 Å². The fourth-order valence-electron chi connectivity index (χ4n) is 0.929. The number of nitrogens with zero attached hydrogens (tertiary/aromatic N) is 1. The molecule has 3 N–H and O–H groups in total. The Bertz CT molecular complexity index is 595. The molecule has 1 amide bonds. The molecule has 0 spiro atoms. The predicted molar refractivity (Wildman–Crippen MR) is 71.0 cm³/mol. The first-order valence-corrected chi connectivity index (χ1v) is 7.76. The van der Waals surface area contributed by atoms with Gasteiger partial charge in [-0.3, -0.25) is 4.79 Å². The quantitative estimate of drug-likeness (QED) is 0.751. The van der Waals surface area contributed by atoms with E-state index in [4.69, 9.17) is 5.73 Å². The number of carbonyl (C=O) groups is 1. The van der Waals surface area contributed by atoms with Crippen molar-refractivity contribution in [2.45, 2.75) is 12.2 Å². The molecule has 1 aromatic heterocycles. The number of hydrogen-bond donors (Lipinski definition) is 2. The van der Waals surface area contributed by atoms with Crippen LogP contribution in [0.1, 0.15) is 11.8 Å². The van der Waals surface area contributed by atoms with E-state index in [0.717, 1.165) is 17.6 Å². The molecule has 0 saturated carbocycles. The zero-order valence-corrected chi connectivity index (χ0v) is 11.6. The van der Waals surface area contributed by atoms with Gasteiger partial charge in [0.05, 0.1) is 17.6 Å².